The molecule has 6 heteroatoms. The second kappa shape index (κ2) is 9.58. The number of hydrogen-bond acceptors (Lipinski definition) is 4. The molecule has 1 aromatic rings. The Morgan fingerprint density at radius 2 is 2.05 bits per heavy atom. The summed E-state index contributed by atoms with van der Waals surface area (Å²) in [4.78, 5) is 0. The summed E-state index contributed by atoms with van der Waals surface area (Å²) >= 11 is 3.41. The Kier molecular flexibility index (Phi) is 8.49. The molecule has 4 nitrogen and oxygen atoms in total. The summed E-state index contributed by atoms with van der Waals surface area (Å²) in [5.41, 5.74) is 0. The highest BCUT2D eigenvalue weighted by Gasteiger charge is 2.15. The van der Waals surface area contributed by atoms with Crippen molar-refractivity contribution in [2.75, 3.05) is 26.4 Å². The lowest BCUT2D eigenvalue weighted by Gasteiger charge is -2.24. The van der Waals surface area contributed by atoms with Gasteiger partial charge < -0.3 is 19.9 Å². The van der Waals surface area contributed by atoms with Gasteiger partial charge in [-0.2, -0.15) is 0 Å². The smallest absolute Gasteiger partial charge is 0.133 e. The maximum Gasteiger partial charge on any atom is 0.133 e. The minimum atomic E-state index is -0.505. The van der Waals surface area contributed by atoms with Gasteiger partial charge in [0.25, 0.3) is 0 Å². The van der Waals surface area contributed by atoms with E-state index in [0.717, 1.165) is 36.3 Å². The quantitative estimate of drug-likeness (QED) is 0.811. The maximum absolute atomic E-state index is 9.90. The van der Waals surface area contributed by atoms with Gasteiger partial charge in [-0.05, 0) is 40.9 Å². The molecule has 1 aromatic carbocycles. The van der Waals surface area contributed by atoms with E-state index in [2.05, 4.69) is 21.2 Å². The molecular formula is C14H21BrClNO3. The summed E-state index contributed by atoms with van der Waals surface area (Å²) in [6, 6.07) is 8.09. The van der Waals surface area contributed by atoms with Crippen molar-refractivity contribution in [1.82, 2.24) is 5.32 Å². The third kappa shape index (κ3) is 5.97. The van der Waals surface area contributed by atoms with E-state index in [0.29, 0.717) is 19.2 Å². The molecule has 1 aliphatic rings. The molecule has 0 amide bonds. The summed E-state index contributed by atoms with van der Waals surface area (Å²) < 4.78 is 11.8. The zero-order chi connectivity index (χ0) is 13.5. The first kappa shape index (κ1) is 17.7. The van der Waals surface area contributed by atoms with Gasteiger partial charge in [-0.1, -0.05) is 12.1 Å². The van der Waals surface area contributed by atoms with Gasteiger partial charge in [0.2, 0.25) is 0 Å². The van der Waals surface area contributed by atoms with Crippen molar-refractivity contribution < 1.29 is 14.6 Å². The fourth-order valence-electron chi connectivity index (χ4n) is 2.01. The molecule has 0 aromatic heterocycles. The van der Waals surface area contributed by atoms with Crippen molar-refractivity contribution in [3.63, 3.8) is 0 Å². The summed E-state index contributed by atoms with van der Waals surface area (Å²) in [6.07, 6.45) is 1.52. The third-order valence-corrected chi connectivity index (χ3v) is 3.79. The van der Waals surface area contributed by atoms with Crippen LogP contribution in [0.2, 0.25) is 0 Å². The van der Waals surface area contributed by atoms with Gasteiger partial charge >= 0.3 is 0 Å². The fraction of sp³-hybridized carbons (Fsp3) is 0.571. The number of nitrogens with one attached hydrogen (secondary N) is 1. The number of aliphatic hydroxyl groups excluding tert-OH is 1. The van der Waals surface area contributed by atoms with E-state index in [1.54, 1.807) is 0 Å². The number of para-hydroxylation sites is 1. The highest BCUT2D eigenvalue weighted by Crippen LogP contribution is 2.23. The molecule has 0 bridgehead atoms. The van der Waals surface area contributed by atoms with Gasteiger partial charge in [-0.3, -0.25) is 0 Å². The monoisotopic (exact) mass is 365 g/mol. The number of hydrogen-bond donors (Lipinski definition) is 2. The maximum atomic E-state index is 9.90. The van der Waals surface area contributed by atoms with E-state index in [9.17, 15) is 5.11 Å². The zero-order valence-electron chi connectivity index (χ0n) is 11.3. The lowest BCUT2D eigenvalue weighted by molar-refractivity contribution is 0.0654. The zero-order valence-corrected chi connectivity index (χ0v) is 13.7. The van der Waals surface area contributed by atoms with Gasteiger partial charge in [0.1, 0.15) is 18.5 Å². The highest BCUT2D eigenvalue weighted by atomic mass is 79.9. The van der Waals surface area contributed by atoms with Gasteiger partial charge in [0.05, 0.1) is 4.47 Å². The van der Waals surface area contributed by atoms with Crippen molar-refractivity contribution >= 4 is 28.3 Å². The average molecular weight is 367 g/mol. The molecule has 2 rings (SSSR count). The van der Waals surface area contributed by atoms with Crippen LogP contribution in [0, 0.1) is 0 Å². The Balaban J connectivity index is 0.00000200. The summed E-state index contributed by atoms with van der Waals surface area (Å²) in [5.74, 6) is 0.757. The van der Waals surface area contributed by atoms with Crippen molar-refractivity contribution in [2.24, 2.45) is 0 Å². The molecule has 1 unspecified atom stereocenters. The molecule has 20 heavy (non-hydrogen) atoms. The fourth-order valence-corrected chi connectivity index (χ4v) is 2.41. The minimum absolute atomic E-state index is 0. The van der Waals surface area contributed by atoms with E-state index in [1.165, 1.54) is 0 Å². The summed E-state index contributed by atoms with van der Waals surface area (Å²) in [5, 5.41) is 13.2. The Labute approximate surface area is 134 Å². The van der Waals surface area contributed by atoms with E-state index in [1.807, 2.05) is 24.3 Å². The molecule has 0 aliphatic carbocycles. The number of benzene rings is 1. The minimum Gasteiger partial charge on any atom is -0.490 e. The normalized spacial score (nSPS) is 17.3. The lowest BCUT2D eigenvalue weighted by atomic mass is 10.1. The van der Waals surface area contributed by atoms with E-state index < -0.39 is 6.10 Å². The number of aliphatic hydroxyl groups is 1. The molecule has 0 radical (unpaired) electrons. The summed E-state index contributed by atoms with van der Waals surface area (Å²) in [7, 11) is 0. The van der Waals surface area contributed by atoms with Crippen LogP contribution in [0.25, 0.3) is 0 Å². The van der Waals surface area contributed by atoms with Crippen molar-refractivity contribution in [3.05, 3.63) is 28.7 Å². The lowest BCUT2D eigenvalue weighted by Crippen LogP contribution is -2.40. The molecule has 0 spiro atoms. The third-order valence-electron chi connectivity index (χ3n) is 3.13. The molecule has 1 fully saturated rings. The average Bonchev–Trinajstić information content (AvgIpc) is 2.45. The number of halogens is 2. The van der Waals surface area contributed by atoms with Crippen molar-refractivity contribution in [2.45, 2.75) is 25.0 Å². The summed E-state index contributed by atoms with van der Waals surface area (Å²) in [6.45, 7) is 2.45. The Bertz CT molecular complexity index is 388. The molecule has 2 N–H and O–H groups in total. The van der Waals surface area contributed by atoms with Crippen molar-refractivity contribution in [3.8, 4) is 5.75 Å². The van der Waals surface area contributed by atoms with Crippen LogP contribution >= 0.6 is 28.3 Å². The first-order valence-electron chi connectivity index (χ1n) is 6.62. The van der Waals surface area contributed by atoms with Crippen LogP contribution in [0.4, 0.5) is 0 Å². The second-order valence-electron chi connectivity index (χ2n) is 4.69. The predicted molar refractivity (Wildman–Crippen MR) is 84.7 cm³/mol. The Hall–Kier alpha value is -0.330. The highest BCUT2D eigenvalue weighted by molar-refractivity contribution is 9.10. The van der Waals surface area contributed by atoms with Crippen LogP contribution in [0.3, 0.4) is 0 Å². The van der Waals surface area contributed by atoms with Crippen molar-refractivity contribution in [1.29, 1.82) is 0 Å². The van der Waals surface area contributed by atoms with Crippen LogP contribution in [0.1, 0.15) is 12.8 Å². The topological polar surface area (TPSA) is 50.7 Å². The molecule has 1 heterocycles. The molecule has 1 saturated heterocycles. The van der Waals surface area contributed by atoms with Gasteiger partial charge in [0.15, 0.2) is 0 Å². The van der Waals surface area contributed by atoms with E-state index in [-0.39, 0.29) is 12.4 Å². The molecule has 114 valence electrons. The standard InChI is InChI=1S/C14H20BrNO3.ClH/c15-13-3-1-2-4-14(13)19-10-12(17)9-16-11-5-7-18-8-6-11;/h1-4,11-12,16-17H,5-10H2;1H. The van der Waals surface area contributed by atoms with Crippen LogP contribution < -0.4 is 10.1 Å². The Morgan fingerprint density at radius 1 is 1.35 bits per heavy atom. The van der Waals surface area contributed by atoms with Crippen LogP contribution in [0.15, 0.2) is 28.7 Å². The van der Waals surface area contributed by atoms with E-state index in [4.69, 9.17) is 9.47 Å². The SMILES string of the molecule is Cl.OC(CNC1CCOCC1)COc1ccccc1Br. The molecule has 1 atom stereocenters. The first-order valence-corrected chi connectivity index (χ1v) is 7.41. The van der Waals surface area contributed by atoms with Crippen LogP contribution in [0.5, 0.6) is 5.75 Å². The van der Waals surface area contributed by atoms with Crippen LogP contribution in [-0.2, 0) is 4.74 Å². The molecular weight excluding hydrogens is 346 g/mol. The largest absolute Gasteiger partial charge is 0.490 e. The van der Waals surface area contributed by atoms with E-state index >= 15 is 0 Å². The molecule has 1 aliphatic heterocycles. The number of ether oxygens (including phenoxy) is 2. The second-order valence-corrected chi connectivity index (χ2v) is 5.54. The number of rotatable bonds is 6. The van der Waals surface area contributed by atoms with Gasteiger partial charge in [-0.15, -0.1) is 12.4 Å². The van der Waals surface area contributed by atoms with Gasteiger partial charge in [0, 0.05) is 25.8 Å². The first-order chi connectivity index (χ1) is 9.25. The Morgan fingerprint density at radius 3 is 2.75 bits per heavy atom. The molecule has 0 saturated carbocycles. The van der Waals surface area contributed by atoms with Gasteiger partial charge in [-0.25, -0.2) is 0 Å². The van der Waals surface area contributed by atoms with Crippen LogP contribution in [-0.4, -0.2) is 43.6 Å². The predicted octanol–water partition coefficient (Wildman–Crippen LogP) is 2.38.